The lowest BCUT2D eigenvalue weighted by Gasteiger charge is -2.21. The molecule has 3 N–H and O–H groups in total. The van der Waals surface area contributed by atoms with E-state index in [0.717, 1.165) is 18.0 Å². The lowest BCUT2D eigenvalue weighted by Crippen LogP contribution is -2.21. The van der Waals surface area contributed by atoms with Crippen LogP contribution in [0, 0.1) is 5.92 Å². The van der Waals surface area contributed by atoms with Crippen LogP contribution in [0.2, 0.25) is 0 Å². The van der Waals surface area contributed by atoms with E-state index in [1.54, 1.807) is 12.1 Å². The first kappa shape index (κ1) is 14.6. The Morgan fingerprint density at radius 1 is 1.22 bits per heavy atom. The zero-order chi connectivity index (χ0) is 13.5. The molecule has 2 atom stereocenters. The van der Waals surface area contributed by atoms with Crippen LogP contribution in [0.1, 0.15) is 50.4 Å². The number of hydrogen-bond acceptors (Lipinski definition) is 2. The lowest BCUT2D eigenvalue weighted by atomic mass is 9.97. The van der Waals surface area contributed by atoms with Crippen molar-refractivity contribution in [3.63, 3.8) is 0 Å². The van der Waals surface area contributed by atoms with Crippen molar-refractivity contribution in [1.29, 1.82) is 0 Å². The second kappa shape index (κ2) is 7.04. The predicted molar refractivity (Wildman–Crippen MR) is 76.7 cm³/mol. The molecule has 0 aliphatic heterocycles. The van der Waals surface area contributed by atoms with Gasteiger partial charge in [-0.15, -0.1) is 0 Å². The second-order valence-electron chi connectivity index (χ2n) is 4.94. The Labute approximate surface area is 110 Å². The van der Waals surface area contributed by atoms with Gasteiger partial charge in [0.15, 0.2) is 0 Å². The van der Waals surface area contributed by atoms with Crippen molar-refractivity contribution in [2.24, 2.45) is 11.7 Å². The average molecular weight is 248 g/mol. The summed E-state index contributed by atoms with van der Waals surface area (Å²) in [4.78, 5) is 11.0. The minimum Gasteiger partial charge on any atom is -0.382 e. The molecule has 0 aromatic heterocycles. The zero-order valence-corrected chi connectivity index (χ0v) is 11.6. The van der Waals surface area contributed by atoms with Crippen molar-refractivity contribution in [2.75, 3.05) is 5.32 Å². The van der Waals surface area contributed by atoms with Crippen LogP contribution >= 0.6 is 0 Å². The molecule has 2 unspecified atom stereocenters. The molecule has 0 spiro atoms. The van der Waals surface area contributed by atoms with E-state index >= 15 is 0 Å². The van der Waals surface area contributed by atoms with E-state index in [2.05, 4.69) is 26.1 Å². The lowest BCUT2D eigenvalue weighted by molar-refractivity contribution is 0.100. The van der Waals surface area contributed by atoms with E-state index in [1.807, 2.05) is 12.1 Å². The number of carbonyl (C=O) groups excluding carboxylic acids is 1. The molecule has 0 aliphatic carbocycles. The van der Waals surface area contributed by atoms with Gasteiger partial charge in [0.25, 0.3) is 0 Å². The molecule has 1 rings (SSSR count). The van der Waals surface area contributed by atoms with Crippen LogP contribution in [0.4, 0.5) is 5.69 Å². The summed E-state index contributed by atoms with van der Waals surface area (Å²) in [5.41, 5.74) is 6.82. The number of rotatable bonds is 7. The van der Waals surface area contributed by atoms with Crippen LogP contribution in [0.5, 0.6) is 0 Å². The smallest absolute Gasteiger partial charge is 0.248 e. The van der Waals surface area contributed by atoms with Crippen molar-refractivity contribution >= 4 is 11.6 Å². The van der Waals surface area contributed by atoms with Crippen molar-refractivity contribution < 1.29 is 4.79 Å². The molecule has 0 radical (unpaired) electrons. The van der Waals surface area contributed by atoms with Crippen LogP contribution < -0.4 is 11.1 Å². The first-order valence-corrected chi connectivity index (χ1v) is 6.73. The number of nitrogens with one attached hydrogen (secondary N) is 1. The molecule has 1 amide bonds. The fourth-order valence-corrected chi connectivity index (χ4v) is 1.95. The van der Waals surface area contributed by atoms with Crippen LogP contribution in [-0.4, -0.2) is 11.9 Å². The van der Waals surface area contributed by atoms with Crippen LogP contribution in [-0.2, 0) is 0 Å². The number of amides is 1. The number of anilines is 1. The maximum absolute atomic E-state index is 11.0. The fourth-order valence-electron chi connectivity index (χ4n) is 1.95. The molecule has 0 bridgehead atoms. The Hall–Kier alpha value is -1.51. The highest BCUT2D eigenvalue weighted by atomic mass is 16.1. The van der Waals surface area contributed by atoms with Gasteiger partial charge in [-0.3, -0.25) is 4.79 Å². The second-order valence-corrected chi connectivity index (χ2v) is 4.94. The third-order valence-electron chi connectivity index (χ3n) is 3.42. The number of benzene rings is 1. The number of primary amides is 1. The van der Waals surface area contributed by atoms with E-state index in [9.17, 15) is 4.79 Å². The van der Waals surface area contributed by atoms with Crippen molar-refractivity contribution in [1.82, 2.24) is 0 Å². The van der Waals surface area contributed by atoms with E-state index in [1.165, 1.54) is 12.8 Å². The van der Waals surface area contributed by atoms with E-state index in [0.29, 0.717) is 11.6 Å². The third-order valence-corrected chi connectivity index (χ3v) is 3.42. The van der Waals surface area contributed by atoms with Gasteiger partial charge in [0.05, 0.1) is 0 Å². The topological polar surface area (TPSA) is 55.1 Å². The Morgan fingerprint density at radius 2 is 1.83 bits per heavy atom. The highest BCUT2D eigenvalue weighted by Crippen LogP contribution is 2.17. The monoisotopic (exact) mass is 248 g/mol. The van der Waals surface area contributed by atoms with Crippen LogP contribution in [0.3, 0.4) is 0 Å². The van der Waals surface area contributed by atoms with Gasteiger partial charge >= 0.3 is 0 Å². The van der Waals surface area contributed by atoms with Gasteiger partial charge in [0.1, 0.15) is 0 Å². The molecule has 1 aromatic rings. The fraction of sp³-hybridized carbons (Fsp3) is 0.533. The number of nitrogens with two attached hydrogens (primary N) is 1. The summed E-state index contributed by atoms with van der Waals surface area (Å²) >= 11 is 0. The highest BCUT2D eigenvalue weighted by molar-refractivity contribution is 5.93. The quantitative estimate of drug-likeness (QED) is 0.777. The molecule has 0 heterocycles. The minimum absolute atomic E-state index is 0.381. The van der Waals surface area contributed by atoms with E-state index in [4.69, 9.17) is 5.73 Å². The van der Waals surface area contributed by atoms with Gasteiger partial charge in [-0.2, -0.15) is 0 Å². The van der Waals surface area contributed by atoms with Crippen LogP contribution in [0.25, 0.3) is 0 Å². The number of carbonyl (C=O) groups is 1. The Bertz CT molecular complexity index is 373. The molecule has 3 heteroatoms. The Morgan fingerprint density at radius 3 is 2.28 bits per heavy atom. The van der Waals surface area contributed by atoms with Gasteiger partial charge in [-0.25, -0.2) is 0 Å². The zero-order valence-electron chi connectivity index (χ0n) is 11.6. The summed E-state index contributed by atoms with van der Waals surface area (Å²) in [5.74, 6) is 0.348. The van der Waals surface area contributed by atoms with Gasteiger partial charge < -0.3 is 11.1 Å². The van der Waals surface area contributed by atoms with Gasteiger partial charge in [0.2, 0.25) is 5.91 Å². The van der Waals surface area contributed by atoms with Gasteiger partial charge in [0, 0.05) is 17.3 Å². The summed E-state index contributed by atoms with van der Waals surface area (Å²) in [5, 5.41) is 3.51. The molecular formula is C15H24N2O. The maximum Gasteiger partial charge on any atom is 0.248 e. The molecule has 0 saturated heterocycles. The maximum atomic E-state index is 11.0. The normalized spacial score (nSPS) is 13.9. The highest BCUT2D eigenvalue weighted by Gasteiger charge is 2.10. The predicted octanol–water partition coefficient (Wildman–Crippen LogP) is 3.41. The molecule has 0 fully saturated rings. The third kappa shape index (κ3) is 4.40. The molecule has 3 nitrogen and oxygen atoms in total. The average Bonchev–Trinajstić information content (AvgIpc) is 2.38. The largest absolute Gasteiger partial charge is 0.382 e. The molecule has 100 valence electrons. The molecular weight excluding hydrogens is 224 g/mol. The minimum atomic E-state index is -0.381. The SMILES string of the molecule is CCC(C)CC(CC)Nc1ccc(C(N)=O)cc1. The molecule has 1 aromatic carbocycles. The Balaban J connectivity index is 2.61. The first-order chi connectivity index (χ1) is 8.56. The standard InChI is InChI=1S/C15H24N2O/c1-4-11(3)10-13(5-2)17-14-8-6-12(7-9-14)15(16)18/h6-9,11,13,17H,4-5,10H2,1-3H3,(H2,16,18). The summed E-state index contributed by atoms with van der Waals surface area (Å²) in [6.45, 7) is 6.69. The van der Waals surface area contributed by atoms with E-state index < -0.39 is 0 Å². The molecule has 18 heavy (non-hydrogen) atoms. The van der Waals surface area contributed by atoms with Crippen molar-refractivity contribution in [2.45, 2.75) is 46.1 Å². The van der Waals surface area contributed by atoms with Gasteiger partial charge in [-0.05, 0) is 43.0 Å². The first-order valence-electron chi connectivity index (χ1n) is 6.73. The van der Waals surface area contributed by atoms with Crippen LogP contribution in [0.15, 0.2) is 24.3 Å². The van der Waals surface area contributed by atoms with Crippen molar-refractivity contribution in [3.05, 3.63) is 29.8 Å². The van der Waals surface area contributed by atoms with Crippen molar-refractivity contribution in [3.8, 4) is 0 Å². The summed E-state index contributed by atoms with van der Waals surface area (Å²) in [6.07, 6.45) is 3.48. The molecule has 0 aliphatic rings. The number of hydrogen-bond donors (Lipinski definition) is 2. The van der Waals surface area contributed by atoms with Gasteiger partial charge in [-0.1, -0.05) is 27.2 Å². The van der Waals surface area contributed by atoms with E-state index in [-0.39, 0.29) is 5.91 Å². The summed E-state index contributed by atoms with van der Waals surface area (Å²) < 4.78 is 0. The molecule has 0 saturated carbocycles. The summed E-state index contributed by atoms with van der Waals surface area (Å²) in [7, 11) is 0. The summed E-state index contributed by atoms with van der Waals surface area (Å²) in [6, 6.07) is 7.85. The Kier molecular flexibility index (Phi) is 5.69.